The number of nitrogens with two attached hydrogens (primary N) is 2. The highest BCUT2D eigenvalue weighted by atomic mass is 35.6. The fourth-order valence-corrected chi connectivity index (χ4v) is 0.781. The van der Waals surface area contributed by atoms with Crippen molar-refractivity contribution in [3.05, 3.63) is 0 Å². The van der Waals surface area contributed by atoms with Gasteiger partial charge in [-0.25, -0.2) is 9.59 Å². The maximum absolute atomic E-state index is 11.1. The second-order valence-electron chi connectivity index (χ2n) is 4.23. The molecule has 0 saturated heterocycles. The van der Waals surface area contributed by atoms with Gasteiger partial charge in [0.25, 0.3) is 0 Å². The van der Waals surface area contributed by atoms with Crippen molar-refractivity contribution in [2.75, 3.05) is 0 Å². The minimum absolute atomic E-state index is 0.234. The van der Waals surface area contributed by atoms with Gasteiger partial charge in [0.05, 0.1) is 0 Å². The lowest BCUT2D eigenvalue weighted by molar-refractivity contribution is -0.107. The van der Waals surface area contributed by atoms with Crippen LogP contribution in [-0.4, -0.2) is 62.5 Å². The van der Waals surface area contributed by atoms with Gasteiger partial charge < -0.3 is 32.3 Å². The van der Waals surface area contributed by atoms with Crippen LogP contribution in [0.15, 0.2) is 0 Å². The van der Waals surface area contributed by atoms with E-state index in [0.29, 0.717) is 0 Å². The highest BCUT2D eigenvalue weighted by molar-refractivity contribution is 6.74. The van der Waals surface area contributed by atoms with E-state index in [1.807, 2.05) is 0 Å². The Balaban J connectivity index is -0.000000200. The summed E-state index contributed by atoms with van der Waals surface area (Å²) in [5.74, 6) is 0. The van der Waals surface area contributed by atoms with Gasteiger partial charge >= 0.3 is 12.1 Å². The maximum atomic E-state index is 11.1. The van der Waals surface area contributed by atoms with Gasteiger partial charge in [0.1, 0.15) is 0 Å². The summed E-state index contributed by atoms with van der Waals surface area (Å²) in [6.07, 6.45) is -3.12. The van der Waals surface area contributed by atoms with Crippen molar-refractivity contribution in [3.8, 4) is 0 Å². The first kappa shape index (κ1) is 40.4. The van der Waals surface area contributed by atoms with Crippen LogP contribution in [0.2, 0.25) is 0 Å². The molecule has 192 valence electrons. The Morgan fingerprint density at radius 2 is 0.812 bits per heavy atom. The Labute approximate surface area is 241 Å². The quantitative estimate of drug-likeness (QED) is 0.144. The van der Waals surface area contributed by atoms with E-state index in [0.717, 1.165) is 0 Å². The predicted molar refractivity (Wildman–Crippen MR) is 131 cm³/mol. The monoisotopic (exact) mass is 704 g/mol. The van der Waals surface area contributed by atoms with Crippen LogP contribution in [0.25, 0.3) is 0 Å². The van der Waals surface area contributed by atoms with Gasteiger partial charge in [-0.1, -0.05) is 139 Å². The number of carbonyl (C=O) groups is 4. The second-order valence-corrected chi connectivity index (χ2v) is 13.7. The van der Waals surface area contributed by atoms with E-state index >= 15 is 0 Å². The maximum Gasteiger partial charge on any atom is 0.319 e. The zero-order valence-electron chi connectivity index (χ0n) is 14.5. The van der Waals surface area contributed by atoms with Crippen LogP contribution in [0.3, 0.4) is 0 Å². The number of amides is 4. The smallest absolute Gasteiger partial charge is 0.319 e. The van der Waals surface area contributed by atoms with Crippen LogP contribution >= 0.6 is 139 Å². The number of alkyl halides is 12. The number of aldehydes is 2. The molecule has 2 unspecified atom stereocenters. The number of halogens is 12. The lowest BCUT2D eigenvalue weighted by Gasteiger charge is -2.23. The topological polar surface area (TPSA) is 185 Å². The van der Waals surface area contributed by atoms with Crippen molar-refractivity contribution < 1.29 is 29.4 Å². The minimum Gasteiger partial charge on any atom is -0.369 e. The second kappa shape index (κ2) is 18.5. The van der Waals surface area contributed by atoms with E-state index in [-0.39, 0.29) is 12.6 Å². The van der Waals surface area contributed by atoms with Crippen LogP contribution in [0.4, 0.5) is 9.59 Å². The van der Waals surface area contributed by atoms with E-state index in [2.05, 4.69) is 11.5 Å². The van der Waals surface area contributed by atoms with Crippen LogP contribution in [0.1, 0.15) is 0 Å². The lowest BCUT2D eigenvalue weighted by atomic mass is 10.6. The molecule has 0 heterocycles. The Kier molecular flexibility index (Phi) is 23.4. The number of carbonyl (C=O) groups excluding carboxylic acids is 4. The molecule has 0 spiro atoms. The van der Waals surface area contributed by atoms with Crippen LogP contribution < -0.4 is 22.1 Å². The number of aliphatic hydroxyl groups is 2. The summed E-state index contributed by atoms with van der Waals surface area (Å²) >= 11 is 60.8. The standard InChI is InChI=1S/C5H6Cl6N2O3.2C2HCl3O.CH4N2O/c6-4(7,8)1(14)12-3(16)13-2(15)5(9,10)11;2*3-2(4,5)1-6;2-1(3)4/h1-2,14-15H,(H2,12,13,16);2*1H;(H4,2,3,4). The van der Waals surface area contributed by atoms with Crippen molar-refractivity contribution in [1.82, 2.24) is 10.6 Å². The molecule has 22 heteroatoms. The predicted octanol–water partition coefficient (Wildman–Crippen LogP) is 3.80. The summed E-state index contributed by atoms with van der Waals surface area (Å²) in [6.45, 7) is 0. The molecule has 2 atom stereocenters. The summed E-state index contributed by atoms with van der Waals surface area (Å²) in [5, 5.41) is 21.8. The molecule has 0 bridgehead atoms. The molecule has 0 rings (SSSR count). The third-order valence-electron chi connectivity index (χ3n) is 1.42. The van der Waals surface area contributed by atoms with Gasteiger partial charge in [-0.05, 0) is 0 Å². The Hall–Kier alpha value is 1.28. The van der Waals surface area contributed by atoms with E-state index in [9.17, 15) is 14.4 Å². The number of rotatable bonds is 2. The van der Waals surface area contributed by atoms with Crippen LogP contribution in [0, 0.1) is 0 Å². The number of nitrogens with one attached hydrogen (secondary N) is 2. The minimum atomic E-state index is -2.12. The largest absolute Gasteiger partial charge is 0.369 e. The SMILES string of the molecule is NC(N)=O.O=C(NC(O)C(Cl)(Cl)Cl)NC(O)C(Cl)(Cl)Cl.O=CC(Cl)(Cl)Cl.O=CC(Cl)(Cl)Cl. The first-order valence-electron chi connectivity index (χ1n) is 6.47. The highest BCUT2D eigenvalue weighted by Gasteiger charge is 2.35. The average molecular weight is 710 g/mol. The molecule has 0 radical (unpaired) electrons. The number of urea groups is 2. The van der Waals surface area contributed by atoms with Crippen molar-refractivity contribution in [3.63, 3.8) is 0 Å². The van der Waals surface area contributed by atoms with E-state index in [4.69, 9.17) is 154 Å². The molecule has 8 N–H and O–H groups in total. The van der Waals surface area contributed by atoms with E-state index in [1.165, 1.54) is 0 Å². The van der Waals surface area contributed by atoms with Gasteiger partial charge in [0.2, 0.25) is 15.2 Å². The fraction of sp³-hybridized carbons (Fsp3) is 0.600. The summed E-state index contributed by atoms with van der Waals surface area (Å²) in [7, 11) is 0. The molecule has 0 aliphatic carbocycles. The van der Waals surface area contributed by atoms with Gasteiger partial charge in [-0.3, -0.25) is 9.59 Å². The molecule has 0 aliphatic heterocycles. The zero-order chi connectivity index (χ0) is 27.1. The van der Waals surface area contributed by atoms with Crippen molar-refractivity contribution in [2.45, 2.75) is 27.6 Å². The molecule has 0 aromatic heterocycles. The molecule has 32 heavy (non-hydrogen) atoms. The van der Waals surface area contributed by atoms with Gasteiger partial charge in [-0.2, -0.15) is 0 Å². The Morgan fingerprint density at radius 1 is 0.656 bits per heavy atom. The number of aliphatic hydroxyl groups excluding tert-OH is 2. The van der Waals surface area contributed by atoms with Crippen LogP contribution in [-0.2, 0) is 9.59 Å². The first-order chi connectivity index (χ1) is 13.8. The number of primary amides is 2. The highest BCUT2D eigenvalue weighted by Crippen LogP contribution is 2.30. The molecular formula is C10H12Cl12N4O6. The fourth-order valence-electron chi connectivity index (χ4n) is 0.454. The summed E-state index contributed by atoms with van der Waals surface area (Å²) in [4.78, 5) is 38.9. The number of hydrogen-bond acceptors (Lipinski definition) is 6. The van der Waals surface area contributed by atoms with Gasteiger partial charge in [0, 0.05) is 0 Å². The Bertz CT molecular complexity index is 529. The summed E-state index contributed by atoms with van der Waals surface area (Å²) in [6, 6.07) is -1.92. The van der Waals surface area contributed by atoms with E-state index < -0.39 is 39.7 Å². The third-order valence-corrected chi connectivity index (χ3v) is 3.20. The number of hydrogen-bond donors (Lipinski definition) is 6. The molecule has 0 aromatic carbocycles. The van der Waals surface area contributed by atoms with Crippen molar-refractivity contribution in [1.29, 1.82) is 0 Å². The molecule has 0 aliphatic rings. The Morgan fingerprint density at radius 3 is 0.906 bits per heavy atom. The molecular weight excluding hydrogens is 698 g/mol. The van der Waals surface area contributed by atoms with E-state index in [1.54, 1.807) is 10.6 Å². The lowest BCUT2D eigenvalue weighted by Crippen LogP contribution is -2.53. The summed E-state index contributed by atoms with van der Waals surface area (Å²) < 4.78 is -7.69. The molecule has 0 aromatic rings. The first-order valence-corrected chi connectivity index (χ1v) is 11.0. The molecule has 0 saturated carbocycles. The average Bonchev–Trinajstić information content (AvgIpc) is 2.52. The molecule has 4 amide bonds. The van der Waals surface area contributed by atoms with Gasteiger partial charge in [0.15, 0.2) is 25.0 Å². The normalized spacial score (nSPS) is 13.2. The third kappa shape index (κ3) is 38.5. The van der Waals surface area contributed by atoms with Crippen molar-refractivity contribution in [2.24, 2.45) is 11.5 Å². The van der Waals surface area contributed by atoms with Gasteiger partial charge in [-0.15, -0.1) is 0 Å². The molecule has 0 fully saturated rings. The van der Waals surface area contributed by atoms with Crippen LogP contribution in [0.5, 0.6) is 0 Å². The van der Waals surface area contributed by atoms with Crippen molar-refractivity contribution >= 4 is 164 Å². The molecule has 10 nitrogen and oxygen atoms in total. The zero-order valence-corrected chi connectivity index (χ0v) is 23.6. The summed E-state index contributed by atoms with van der Waals surface area (Å²) in [5.41, 5.74) is 8.50.